The van der Waals surface area contributed by atoms with E-state index in [4.69, 9.17) is 4.74 Å². The summed E-state index contributed by atoms with van der Waals surface area (Å²) in [4.78, 5) is 24.0. The summed E-state index contributed by atoms with van der Waals surface area (Å²) in [5.41, 5.74) is 1.28. The second-order valence-electron chi connectivity index (χ2n) is 8.95. The molecule has 1 aliphatic heterocycles. The van der Waals surface area contributed by atoms with Gasteiger partial charge in [0.05, 0.1) is 22.8 Å². The second kappa shape index (κ2) is 9.76. The van der Waals surface area contributed by atoms with Crippen molar-refractivity contribution in [1.29, 1.82) is 0 Å². The molecule has 0 saturated heterocycles. The fraction of sp³-hybridized carbons (Fsp3) is 0.375. The Morgan fingerprint density at radius 2 is 1.97 bits per heavy atom. The topological polar surface area (TPSA) is 146 Å². The fourth-order valence-corrected chi connectivity index (χ4v) is 5.10. The maximum absolute atomic E-state index is 13.2. The quantitative estimate of drug-likeness (QED) is 0.370. The molecule has 4 rings (SSSR count). The van der Waals surface area contributed by atoms with Gasteiger partial charge in [-0.2, -0.15) is 0 Å². The minimum atomic E-state index is -3.99. The van der Waals surface area contributed by atoms with E-state index >= 15 is 0 Å². The molecule has 186 valence electrons. The first-order valence-corrected chi connectivity index (χ1v) is 12.8. The Labute approximate surface area is 204 Å². The van der Waals surface area contributed by atoms with Crippen molar-refractivity contribution in [1.82, 2.24) is 25.0 Å². The maximum atomic E-state index is 13.2. The first-order chi connectivity index (χ1) is 16.6. The summed E-state index contributed by atoms with van der Waals surface area (Å²) in [6, 6.07) is 6.98. The number of pyridine rings is 1. The lowest BCUT2D eigenvalue weighted by molar-refractivity contribution is -0.0632. The Morgan fingerprint density at radius 3 is 2.63 bits per heavy atom. The molecular formula is C24H29N5O5S. The number of benzene rings is 1. The highest BCUT2D eigenvalue weighted by Gasteiger charge is 2.45. The zero-order valence-corrected chi connectivity index (χ0v) is 20.6. The molecule has 0 fully saturated rings. The predicted molar refractivity (Wildman–Crippen MR) is 128 cm³/mol. The molecule has 1 aliphatic rings. The third-order valence-corrected chi connectivity index (χ3v) is 7.48. The second-order valence-corrected chi connectivity index (χ2v) is 10.7. The monoisotopic (exact) mass is 499 g/mol. The molecule has 11 heteroatoms. The summed E-state index contributed by atoms with van der Waals surface area (Å²) in [7, 11) is -3.99. The van der Waals surface area contributed by atoms with Crippen LogP contribution in [0, 0.1) is 0 Å². The number of imidazole rings is 1. The van der Waals surface area contributed by atoms with Crippen LogP contribution in [0.5, 0.6) is 5.88 Å². The summed E-state index contributed by atoms with van der Waals surface area (Å²) in [5, 5.41) is 13.8. The van der Waals surface area contributed by atoms with Crippen LogP contribution in [0.2, 0.25) is 0 Å². The number of amides is 1. The predicted octanol–water partition coefficient (Wildman–Crippen LogP) is 1.89. The van der Waals surface area contributed by atoms with Gasteiger partial charge in [0.2, 0.25) is 15.9 Å². The van der Waals surface area contributed by atoms with Gasteiger partial charge in [-0.15, -0.1) is 0 Å². The fourth-order valence-electron chi connectivity index (χ4n) is 3.88. The van der Waals surface area contributed by atoms with Crippen molar-refractivity contribution in [2.75, 3.05) is 6.54 Å². The third-order valence-electron chi connectivity index (χ3n) is 6.02. The summed E-state index contributed by atoms with van der Waals surface area (Å²) < 4.78 is 34.8. The van der Waals surface area contributed by atoms with Crippen LogP contribution in [-0.4, -0.2) is 52.6 Å². The number of nitrogens with zero attached hydrogens (tertiary/aromatic N) is 2. The summed E-state index contributed by atoms with van der Waals surface area (Å²) >= 11 is 0. The van der Waals surface area contributed by atoms with Crippen LogP contribution in [0.1, 0.15) is 54.0 Å². The molecule has 2 atom stereocenters. The van der Waals surface area contributed by atoms with Crippen LogP contribution >= 0.6 is 0 Å². The van der Waals surface area contributed by atoms with Gasteiger partial charge in [-0.1, -0.05) is 19.1 Å². The van der Waals surface area contributed by atoms with Crippen molar-refractivity contribution in [2.45, 2.75) is 56.3 Å². The number of aliphatic hydroxyl groups excluding tert-OH is 1. The summed E-state index contributed by atoms with van der Waals surface area (Å²) in [5.74, 6) is -0.223. The van der Waals surface area contributed by atoms with Crippen molar-refractivity contribution in [2.24, 2.45) is 0 Å². The van der Waals surface area contributed by atoms with E-state index in [1.807, 2.05) is 6.92 Å². The van der Waals surface area contributed by atoms with Crippen molar-refractivity contribution >= 4 is 15.9 Å². The highest BCUT2D eigenvalue weighted by atomic mass is 32.2. The number of aromatic nitrogens is 3. The Kier molecular flexibility index (Phi) is 6.93. The molecular weight excluding hydrogens is 470 g/mol. The molecule has 1 aromatic carbocycles. The van der Waals surface area contributed by atoms with Crippen molar-refractivity contribution in [3.05, 3.63) is 71.4 Å². The van der Waals surface area contributed by atoms with Crippen LogP contribution in [0.15, 0.2) is 53.9 Å². The van der Waals surface area contributed by atoms with Crippen molar-refractivity contribution < 1.29 is 23.1 Å². The Balaban J connectivity index is 1.59. The van der Waals surface area contributed by atoms with Crippen LogP contribution < -0.4 is 14.8 Å². The first kappa shape index (κ1) is 24.8. The van der Waals surface area contributed by atoms with Gasteiger partial charge in [0, 0.05) is 36.6 Å². The van der Waals surface area contributed by atoms with Crippen LogP contribution in [0.3, 0.4) is 0 Å². The molecule has 0 aliphatic carbocycles. The van der Waals surface area contributed by atoms with Gasteiger partial charge < -0.3 is 20.1 Å². The molecule has 1 amide bonds. The lowest BCUT2D eigenvalue weighted by atomic mass is 9.88. The van der Waals surface area contributed by atoms with E-state index in [9.17, 15) is 18.3 Å². The van der Waals surface area contributed by atoms with Gasteiger partial charge in [-0.05, 0) is 44.0 Å². The summed E-state index contributed by atoms with van der Waals surface area (Å²) in [6.07, 6.45) is 4.73. The van der Waals surface area contributed by atoms with Crippen LogP contribution in [0.4, 0.5) is 0 Å². The number of hydrogen-bond donors (Lipinski definition) is 4. The molecule has 0 radical (unpaired) electrons. The highest BCUT2D eigenvalue weighted by Crippen LogP contribution is 2.39. The van der Waals surface area contributed by atoms with E-state index in [2.05, 4.69) is 25.0 Å². The standard InChI is InChI=1S/C24H29N5O5S/c1-4-15-5-7-18(8-6-15)35(32,33)29-20-19-11-16(12-27-23(19)34-24(2,3)21(20)30)22(31)26-10-9-17-13-25-14-28-17/h5-8,11-14,20-21,29-30H,4,9-10H2,1-3H3,(H,25,28)(H,26,31)/t20-,21+/m1/s1. The highest BCUT2D eigenvalue weighted by molar-refractivity contribution is 7.89. The van der Waals surface area contributed by atoms with E-state index in [1.54, 1.807) is 38.5 Å². The molecule has 3 aromatic rings. The molecule has 0 bridgehead atoms. The molecule has 3 heterocycles. The normalized spacial score (nSPS) is 19.0. The number of aliphatic hydroxyl groups is 1. The number of rotatable bonds is 8. The Morgan fingerprint density at radius 1 is 1.23 bits per heavy atom. The van der Waals surface area contributed by atoms with E-state index in [0.717, 1.165) is 17.7 Å². The number of ether oxygens (including phenoxy) is 1. The van der Waals surface area contributed by atoms with Crippen molar-refractivity contribution in [3.63, 3.8) is 0 Å². The van der Waals surface area contributed by atoms with E-state index in [1.165, 1.54) is 24.4 Å². The van der Waals surface area contributed by atoms with E-state index in [-0.39, 0.29) is 27.8 Å². The third kappa shape index (κ3) is 5.37. The summed E-state index contributed by atoms with van der Waals surface area (Å²) in [6.45, 7) is 5.65. The number of sulfonamides is 1. The zero-order chi connectivity index (χ0) is 25.2. The van der Waals surface area contributed by atoms with Gasteiger partial charge >= 0.3 is 0 Å². The molecule has 0 saturated carbocycles. The smallest absolute Gasteiger partial charge is 0.252 e. The molecule has 4 N–H and O–H groups in total. The SMILES string of the molecule is CCc1ccc(S(=O)(=O)N[C@@H]2c3cc(C(=O)NCCc4cnc[nH]4)cnc3OC(C)(C)[C@H]2O)cc1. The van der Waals surface area contributed by atoms with Crippen LogP contribution in [0.25, 0.3) is 0 Å². The largest absolute Gasteiger partial charge is 0.469 e. The lowest BCUT2D eigenvalue weighted by Crippen LogP contribution is -2.53. The average molecular weight is 500 g/mol. The number of carbonyl (C=O) groups excluding carboxylic acids is 1. The van der Waals surface area contributed by atoms with Gasteiger partial charge in [0.1, 0.15) is 11.7 Å². The van der Waals surface area contributed by atoms with Crippen LogP contribution in [-0.2, 0) is 22.9 Å². The molecule has 0 spiro atoms. The first-order valence-electron chi connectivity index (χ1n) is 11.3. The minimum absolute atomic E-state index is 0.0772. The molecule has 35 heavy (non-hydrogen) atoms. The molecule has 0 unspecified atom stereocenters. The molecule has 10 nitrogen and oxygen atoms in total. The number of H-pyrrole nitrogens is 1. The van der Waals surface area contributed by atoms with E-state index < -0.39 is 27.8 Å². The zero-order valence-electron chi connectivity index (χ0n) is 19.8. The van der Waals surface area contributed by atoms with Crippen molar-refractivity contribution in [3.8, 4) is 5.88 Å². The maximum Gasteiger partial charge on any atom is 0.252 e. The lowest BCUT2D eigenvalue weighted by Gasteiger charge is -2.41. The minimum Gasteiger partial charge on any atom is -0.469 e. The Bertz CT molecular complexity index is 1290. The number of aromatic amines is 1. The van der Waals surface area contributed by atoms with Gasteiger partial charge in [-0.25, -0.2) is 23.1 Å². The molecule has 2 aromatic heterocycles. The number of nitrogens with one attached hydrogen (secondary N) is 3. The number of fused-ring (bicyclic) bond motifs is 1. The number of carbonyl (C=O) groups is 1. The van der Waals surface area contributed by atoms with Gasteiger partial charge in [0.25, 0.3) is 5.91 Å². The van der Waals surface area contributed by atoms with E-state index in [0.29, 0.717) is 13.0 Å². The number of aryl methyl sites for hydroxylation is 1. The number of hydrogen-bond acceptors (Lipinski definition) is 7. The average Bonchev–Trinajstić information content (AvgIpc) is 3.35. The van der Waals surface area contributed by atoms with Gasteiger partial charge in [-0.3, -0.25) is 4.79 Å². The van der Waals surface area contributed by atoms with Gasteiger partial charge in [0.15, 0.2) is 0 Å². The Hall–Kier alpha value is -3.28.